The molecule has 0 radical (unpaired) electrons. The first-order valence-electron chi connectivity index (χ1n) is 5.56. The first-order valence-corrected chi connectivity index (χ1v) is 5.93. The first-order chi connectivity index (χ1) is 8.77. The molecule has 2 N–H and O–H groups in total. The van der Waals surface area contributed by atoms with Gasteiger partial charge in [-0.3, -0.25) is 0 Å². The molecule has 4 heteroatoms. The number of benzene rings is 2. The predicted octanol–water partition coefficient (Wildman–Crippen LogP) is 3.48. The van der Waals surface area contributed by atoms with Crippen LogP contribution in [0.4, 0.5) is 5.69 Å². The molecule has 0 amide bonds. The summed E-state index contributed by atoms with van der Waals surface area (Å²) in [6.07, 6.45) is 0. The lowest BCUT2D eigenvalue weighted by Crippen LogP contribution is -2.05. The highest BCUT2D eigenvalue weighted by Gasteiger charge is 2.05. The molecule has 2 aromatic rings. The van der Waals surface area contributed by atoms with Gasteiger partial charge in [-0.05, 0) is 17.7 Å². The van der Waals surface area contributed by atoms with Crippen LogP contribution in [0.25, 0.3) is 0 Å². The van der Waals surface area contributed by atoms with Gasteiger partial charge < -0.3 is 15.2 Å². The molecule has 94 valence electrons. The third-order valence-corrected chi connectivity index (χ3v) is 2.69. The lowest BCUT2D eigenvalue weighted by molar-refractivity contribution is 0.00551. The molecule has 0 spiro atoms. The molecule has 3 nitrogen and oxygen atoms in total. The quantitative estimate of drug-likeness (QED) is 0.510. The normalized spacial score (nSPS) is 10.3. The summed E-state index contributed by atoms with van der Waals surface area (Å²) in [6, 6.07) is 15.1. The average molecular weight is 264 g/mol. The van der Waals surface area contributed by atoms with E-state index in [1.54, 1.807) is 18.2 Å². The molecule has 2 rings (SSSR count). The highest BCUT2D eigenvalue weighted by molar-refractivity contribution is 6.32. The molecule has 0 aliphatic heterocycles. The molecule has 0 bridgehead atoms. The highest BCUT2D eigenvalue weighted by atomic mass is 35.5. The van der Waals surface area contributed by atoms with E-state index in [4.69, 9.17) is 26.8 Å². The van der Waals surface area contributed by atoms with Crippen LogP contribution in [-0.4, -0.2) is 6.79 Å². The zero-order valence-corrected chi connectivity index (χ0v) is 10.6. The number of ether oxygens (including phenoxy) is 2. The van der Waals surface area contributed by atoms with Gasteiger partial charge in [-0.1, -0.05) is 48.0 Å². The second-order valence-electron chi connectivity index (χ2n) is 3.75. The fourth-order valence-electron chi connectivity index (χ4n) is 1.51. The third kappa shape index (κ3) is 3.39. The molecule has 0 aromatic heterocycles. The van der Waals surface area contributed by atoms with Crippen molar-refractivity contribution in [3.63, 3.8) is 0 Å². The lowest BCUT2D eigenvalue weighted by Gasteiger charge is -2.10. The van der Waals surface area contributed by atoms with E-state index in [-0.39, 0.29) is 6.79 Å². The van der Waals surface area contributed by atoms with Crippen LogP contribution in [-0.2, 0) is 11.3 Å². The monoisotopic (exact) mass is 263 g/mol. The fourth-order valence-corrected chi connectivity index (χ4v) is 1.75. The Labute approximate surface area is 111 Å². The van der Waals surface area contributed by atoms with Gasteiger partial charge in [-0.2, -0.15) is 0 Å². The van der Waals surface area contributed by atoms with Crippen LogP contribution in [0.3, 0.4) is 0 Å². The Morgan fingerprint density at radius 2 is 1.78 bits per heavy atom. The molecule has 0 aliphatic rings. The van der Waals surface area contributed by atoms with Crippen molar-refractivity contribution in [2.24, 2.45) is 0 Å². The van der Waals surface area contributed by atoms with Crippen LogP contribution in [0, 0.1) is 0 Å². The van der Waals surface area contributed by atoms with Crippen molar-refractivity contribution in [1.82, 2.24) is 0 Å². The lowest BCUT2D eigenvalue weighted by atomic mass is 10.2. The Hall–Kier alpha value is -1.71. The summed E-state index contributed by atoms with van der Waals surface area (Å²) in [6.45, 7) is 0.605. The molecule has 0 saturated carbocycles. The van der Waals surface area contributed by atoms with E-state index in [9.17, 15) is 0 Å². The minimum atomic E-state index is 0.114. The first kappa shape index (κ1) is 12.7. The van der Waals surface area contributed by atoms with Crippen LogP contribution in [0.1, 0.15) is 5.56 Å². The van der Waals surface area contributed by atoms with Gasteiger partial charge in [0.2, 0.25) is 0 Å². The summed E-state index contributed by atoms with van der Waals surface area (Å²) in [7, 11) is 0. The molecule has 18 heavy (non-hydrogen) atoms. The van der Waals surface area contributed by atoms with Gasteiger partial charge in [0.25, 0.3) is 0 Å². The van der Waals surface area contributed by atoms with E-state index in [1.807, 2.05) is 30.3 Å². The largest absolute Gasteiger partial charge is 0.464 e. The SMILES string of the molecule is Nc1cccc(Cl)c1OCOCc1ccccc1. The molecule has 0 unspecified atom stereocenters. The Balaban J connectivity index is 1.82. The van der Waals surface area contributed by atoms with Gasteiger partial charge >= 0.3 is 0 Å². The van der Waals surface area contributed by atoms with E-state index in [1.165, 1.54) is 0 Å². The molecule has 0 aliphatic carbocycles. The molecule has 0 atom stereocenters. The zero-order valence-electron chi connectivity index (χ0n) is 9.80. The molecule has 0 heterocycles. The second kappa shape index (κ2) is 6.28. The van der Waals surface area contributed by atoms with Gasteiger partial charge in [0.1, 0.15) is 0 Å². The number of halogens is 1. The minimum Gasteiger partial charge on any atom is -0.464 e. The standard InChI is InChI=1S/C14H14ClNO2/c15-12-7-4-8-13(16)14(12)18-10-17-9-11-5-2-1-3-6-11/h1-8H,9-10,16H2. The second-order valence-corrected chi connectivity index (χ2v) is 4.16. The maximum absolute atomic E-state index is 5.96. The zero-order chi connectivity index (χ0) is 12.8. The van der Waals surface area contributed by atoms with Crippen molar-refractivity contribution in [1.29, 1.82) is 0 Å². The van der Waals surface area contributed by atoms with Crippen LogP contribution in [0.15, 0.2) is 48.5 Å². The van der Waals surface area contributed by atoms with Crippen LogP contribution >= 0.6 is 11.6 Å². The van der Waals surface area contributed by atoms with Gasteiger partial charge in [0.15, 0.2) is 12.5 Å². The van der Waals surface area contributed by atoms with Gasteiger partial charge in [0, 0.05) is 0 Å². The van der Waals surface area contributed by atoms with Crippen molar-refractivity contribution in [2.75, 3.05) is 12.5 Å². The minimum absolute atomic E-state index is 0.114. The Morgan fingerprint density at radius 3 is 2.50 bits per heavy atom. The van der Waals surface area contributed by atoms with Crippen LogP contribution < -0.4 is 10.5 Å². The summed E-state index contributed by atoms with van der Waals surface area (Å²) in [5, 5.41) is 0.485. The Kier molecular flexibility index (Phi) is 4.45. The molecule has 2 aromatic carbocycles. The van der Waals surface area contributed by atoms with Crippen molar-refractivity contribution >= 4 is 17.3 Å². The summed E-state index contributed by atoms with van der Waals surface area (Å²) in [4.78, 5) is 0. The van der Waals surface area contributed by atoms with Crippen LogP contribution in [0.5, 0.6) is 5.75 Å². The summed E-state index contributed by atoms with van der Waals surface area (Å²) in [5.74, 6) is 0.465. The summed E-state index contributed by atoms with van der Waals surface area (Å²) >= 11 is 5.96. The van der Waals surface area contributed by atoms with Gasteiger partial charge in [-0.15, -0.1) is 0 Å². The third-order valence-electron chi connectivity index (χ3n) is 2.40. The maximum Gasteiger partial charge on any atom is 0.189 e. The number of rotatable bonds is 5. The van der Waals surface area contributed by atoms with Crippen molar-refractivity contribution in [3.05, 3.63) is 59.1 Å². The highest BCUT2D eigenvalue weighted by Crippen LogP contribution is 2.30. The summed E-state index contributed by atoms with van der Waals surface area (Å²) in [5.41, 5.74) is 7.35. The molecular weight excluding hydrogens is 250 g/mol. The van der Waals surface area contributed by atoms with E-state index in [0.29, 0.717) is 23.1 Å². The van der Waals surface area contributed by atoms with Gasteiger partial charge in [0.05, 0.1) is 17.3 Å². The Bertz CT molecular complexity index is 482. The predicted molar refractivity (Wildman–Crippen MR) is 72.6 cm³/mol. The number of nitrogens with two attached hydrogens (primary N) is 1. The van der Waals surface area contributed by atoms with E-state index >= 15 is 0 Å². The van der Waals surface area contributed by atoms with Crippen molar-refractivity contribution in [3.8, 4) is 5.75 Å². The van der Waals surface area contributed by atoms with E-state index in [2.05, 4.69) is 0 Å². The smallest absolute Gasteiger partial charge is 0.189 e. The molecule has 0 saturated heterocycles. The van der Waals surface area contributed by atoms with E-state index < -0.39 is 0 Å². The van der Waals surface area contributed by atoms with Gasteiger partial charge in [-0.25, -0.2) is 0 Å². The fraction of sp³-hybridized carbons (Fsp3) is 0.143. The topological polar surface area (TPSA) is 44.5 Å². The van der Waals surface area contributed by atoms with E-state index in [0.717, 1.165) is 5.56 Å². The van der Waals surface area contributed by atoms with Crippen molar-refractivity contribution in [2.45, 2.75) is 6.61 Å². The number of nitrogen functional groups attached to an aromatic ring is 1. The number of hydrogen-bond acceptors (Lipinski definition) is 3. The number of anilines is 1. The van der Waals surface area contributed by atoms with Crippen molar-refractivity contribution < 1.29 is 9.47 Å². The Morgan fingerprint density at radius 1 is 1.00 bits per heavy atom. The number of hydrogen-bond donors (Lipinski definition) is 1. The van der Waals surface area contributed by atoms with Crippen LogP contribution in [0.2, 0.25) is 5.02 Å². The molecular formula is C14H14ClNO2. The molecule has 0 fully saturated rings. The maximum atomic E-state index is 5.96. The summed E-state index contributed by atoms with van der Waals surface area (Å²) < 4.78 is 10.8. The average Bonchev–Trinajstić information content (AvgIpc) is 2.38. The number of para-hydroxylation sites is 1.